The van der Waals surface area contributed by atoms with Crippen LogP contribution in [0.25, 0.3) is 0 Å². The van der Waals surface area contributed by atoms with Gasteiger partial charge < -0.3 is 10.8 Å². The summed E-state index contributed by atoms with van der Waals surface area (Å²) in [7, 11) is 0. The van der Waals surface area contributed by atoms with E-state index in [-0.39, 0.29) is 24.1 Å². The van der Waals surface area contributed by atoms with Crippen LogP contribution in [0.1, 0.15) is 30.6 Å². The molecule has 1 rings (SSSR count). The molecule has 0 spiro atoms. The van der Waals surface area contributed by atoms with Crippen LogP contribution in [-0.2, 0) is 5.92 Å². The predicted molar refractivity (Wildman–Crippen MR) is 54.6 cm³/mol. The van der Waals surface area contributed by atoms with E-state index in [1.807, 2.05) is 0 Å². The van der Waals surface area contributed by atoms with Gasteiger partial charge in [-0.25, -0.2) is 13.2 Å². The molecular formula is C11H14F3NO. The standard InChI is InChI=1S/C11H14F3NO/c1-11(13,14)7-2-3-9(12)8(6-7)10(16)4-5-15/h2-3,6,10,16H,4-5,15H2,1H3. The molecule has 1 unspecified atom stereocenters. The normalized spacial score (nSPS) is 13.9. The molecule has 0 aliphatic carbocycles. The fourth-order valence-electron chi connectivity index (χ4n) is 1.39. The highest BCUT2D eigenvalue weighted by Crippen LogP contribution is 2.30. The summed E-state index contributed by atoms with van der Waals surface area (Å²) in [6.45, 7) is 0.882. The molecule has 90 valence electrons. The Bertz CT molecular complexity index is 363. The van der Waals surface area contributed by atoms with Crippen molar-refractivity contribution in [2.24, 2.45) is 5.73 Å². The van der Waals surface area contributed by atoms with E-state index in [9.17, 15) is 18.3 Å². The summed E-state index contributed by atoms with van der Waals surface area (Å²) in [5.74, 6) is -3.75. The van der Waals surface area contributed by atoms with Crippen molar-refractivity contribution in [3.05, 3.63) is 35.1 Å². The molecule has 3 N–H and O–H groups in total. The summed E-state index contributed by atoms with van der Waals surface area (Å²) in [6.07, 6.45) is -1.01. The summed E-state index contributed by atoms with van der Waals surface area (Å²) in [5, 5.41) is 9.53. The van der Waals surface area contributed by atoms with Crippen LogP contribution in [0.5, 0.6) is 0 Å². The Kier molecular flexibility index (Phi) is 3.93. The third-order valence-corrected chi connectivity index (χ3v) is 2.30. The smallest absolute Gasteiger partial charge is 0.270 e. The van der Waals surface area contributed by atoms with E-state index in [1.165, 1.54) is 0 Å². The van der Waals surface area contributed by atoms with Crippen molar-refractivity contribution in [2.45, 2.75) is 25.4 Å². The highest BCUT2D eigenvalue weighted by Gasteiger charge is 2.26. The Balaban J connectivity index is 3.09. The van der Waals surface area contributed by atoms with Crippen molar-refractivity contribution in [3.8, 4) is 0 Å². The van der Waals surface area contributed by atoms with Crippen LogP contribution in [0.15, 0.2) is 18.2 Å². The van der Waals surface area contributed by atoms with Crippen LogP contribution < -0.4 is 5.73 Å². The van der Waals surface area contributed by atoms with Crippen LogP contribution in [0.2, 0.25) is 0 Å². The van der Waals surface area contributed by atoms with Gasteiger partial charge in [-0.15, -0.1) is 0 Å². The lowest BCUT2D eigenvalue weighted by atomic mass is 10.0. The summed E-state index contributed by atoms with van der Waals surface area (Å²) < 4.78 is 39.3. The van der Waals surface area contributed by atoms with E-state index in [0.717, 1.165) is 25.1 Å². The SMILES string of the molecule is CC(F)(F)c1ccc(F)c(C(O)CCN)c1. The first-order valence-corrected chi connectivity index (χ1v) is 4.92. The second-order valence-electron chi connectivity index (χ2n) is 3.72. The van der Waals surface area contributed by atoms with Crippen molar-refractivity contribution in [1.82, 2.24) is 0 Å². The van der Waals surface area contributed by atoms with Gasteiger partial charge in [0.25, 0.3) is 5.92 Å². The number of benzene rings is 1. The minimum Gasteiger partial charge on any atom is -0.388 e. The zero-order valence-corrected chi connectivity index (χ0v) is 8.88. The van der Waals surface area contributed by atoms with Gasteiger partial charge >= 0.3 is 0 Å². The molecule has 16 heavy (non-hydrogen) atoms. The van der Waals surface area contributed by atoms with E-state index in [1.54, 1.807) is 0 Å². The number of halogens is 3. The van der Waals surface area contributed by atoms with Gasteiger partial charge in [-0.3, -0.25) is 0 Å². The predicted octanol–water partition coefficient (Wildman–Crippen LogP) is 2.32. The Morgan fingerprint density at radius 2 is 2.06 bits per heavy atom. The average Bonchev–Trinajstić information content (AvgIpc) is 2.16. The lowest BCUT2D eigenvalue weighted by Gasteiger charge is -2.15. The Morgan fingerprint density at radius 3 is 2.56 bits per heavy atom. The first-order valence-electron chi connectivity index (χ1n) is 4.92. The number of nitrogens with two attached hydrogens (primary N) is 1. The number of hydrogen-bond donors (Lipinski definition) is 2. The van der Waals surface area contributed by atoms with Gasteiger partial charge in [0.15, 0.2) is 0 Å². The molecule has 0 aliphatic rings. The molecule has 0 heterocycles. The first-order chi connectivity index (χ1) is 7.36. The van der Waals surface area contributed by atoms with Gasteiger partial charge in [0.05, 0.1) is 6.10 Å². The van der Waals surface area contributed by atoms with Crippen molar-refractivity contribution < 1.29 is 18.3 Å². The van der Waals surface area contributed by atoms with Crippen molar-refractivity contribution in [1.29, 1.82) is 0 Å². The number of hydrogen-bond acceptors (Lipinski definition) is 2. The summed E-state index contributed by atoms with van der Waals surface area (Å²) in [5.41, 5.74) is 4.76. The van der Waals surface area contributed by atoms with E-state index in [2.05, 4.69) is 0 Å². The summed E-state index contributed by atoms with van der Waals surface area (Å²) in [4.78, 5) is 0. The molecule has 1 aromatic carbocycles. The van der Waals surface area contributed by atoms with Gasteiger partial charge in [-0.2, -0.15) is 0 Å². The van der Waals surface area contributed by atoms with E-state index in [0.29, 0.717) is 0 Å². The molecule has 0 aliphatic heterocycles. The molecule has 5 heteroatoms. The Labute approximate surface area is 91.9 Å². The zero-order valence-electron chi connectivity index (χ0n) is 8.88. The number of aliphatic hydroxyl groups excluding tert-OH is 1. The largest absolute Gasteiger partial charge is 0.388 e. The minimum atomic E-state index is -3.05. The van der Waals surface area contributed by atoms with Gasteiger partial charge in [-0.1, -0.05) is 6.07 Å². The van der Waals surface area contributed by atoms with Crippen molar-refractivity contribution in [3.63, 3.8) is 0 Å². The van der Waals surface area contributed by atoms with Crippen molar-refractivity contribution >= 4 is 0 Å². The number of rotatable bonds is 4. The molecule has 2 nitrogen and oxygen atoms in total. The fourth-order valence-corrected chi connectivity index (χ4v) is 1.39. The molecule has 1 atom stereocenters. The summed E-state index contributed by atoms with van der Waals surface area (Å²) >= 11 is 0. The van der Waals surface area contributed by atoms with Crippen molar-refractivity contribution in [2.75, 3.05) is 6.54 Å². The number of aliphatic hydroxyl groups is 1. The molecule has 0 saturated carbocycles. The lowest BCUT2D eigenvalue weighted by molar-refractivity contribution is 0.0171. The van der Waals surface area contributed by atoms with Crippen LogP contribution in [-0.4, -0.2) is 11.7 Å². The Hall–Kier alpha value is -1.07. The highest BCUT2D eigenvalue weighted by molar-refractivity contribution is 5.29. The van der Waals surface area contributed by atoms with Crippen LogP contribution in [0.4, 0.5) is 13.2 Å². The monoisotopic (exact) mass is 233 g/mol. The van der Waals surface area contributed by atoms with E-state index < -0.39 is 17.8 Å². The number of alkyl halides is 2. The topological polar surface area (TPSA) is 46.2 Å². The molecular weight excluding hydrogens is 219 g/mol. The van der Waals surface area contributed by atoms with Gasteiger partial charge in [-0.05, 0) is 25.1 Å². The van der Waals surface area contributed by atoms with Gasteiger partial charge in [0, 0.05) is 18.1 Å². The summed E-state index contributed by atoms with van der Waals surface area (Å²) in [6, 6.07) is 2.92. The Morgan fingerprint density at radius 1 is 1.44 bits per heavy atom. The van der Waals surface area contributed by atoms with Crippen LogP contribution in [0, 0.1) is 5.82 Å². The van der Waals surface area contributed by atoms with Gasteiger partial charge in [0.2, 0.25) is 0 Å². The third-order valence-electron chi connectivity index (χ3n) is 2.30. The van der Waals surface area contributed by atoms with E-state index in [4.69, 9.17) is 5.73 Å². The molecule has 0 aromatic heterocycles. The fraction of sp³-hybridized carbons (Fsp3) is 0.455. The molecule has 0 bridgehead atoms. The van der Waals surface area contributed by atoms with Crippen LogP contribution in [0.3, 0.4) is 0 Å². The quantitative estimate of drug-likeness (QED) is 0.838. The maximum Gasteiger partial charge on any atom is 0.270 e. The van der Waals surface area contributed by atoms with E-state index >= 15 is 0 Å². The maximum atomic E-state index is 13.3. The molecule has 1 aromatic rings. The molecule has 0 amide bonds. The molecule has 0 radical (unpaired) electrons. The lowest BCUT2D eigenvalue weighted by Crippen LogP contribution is -2.12. The van der Waals surface area contributed by atoms with Gasteiger partial charge in [0.1, 0.15) is 5.82 Å². The minimum absolute atomic E-state index is 0.135. The third kappa shape index (κ3) is 2.96. The van der Waals surface area contributed by atoms with Crippen LogP contribution >= 0.6 is 0 Å². The molecule has 0 fully saturated rings. The second-order valence-corrected chi connectivity index (χ2v) is 3.72. The highest BCUT2D eigenvalue weighted by atomic mass is 19.3. The second kappa shape index (κ2) is 4.84. The molecule has 0 saturated heterocycles. The first kappa shape index (κ1) is 13.0. The maximum absolute atomic E-state index is 13.3. The zero-order chi connectivity index (χ0) is 12.3. The average molecular weight is 233 g/mol.